The highest BCUT2D eigenvalue weighted by Gasteiger charge is 2.59. The van der Waals surface area contributed by atoms with E-state index in [9.17, 15) is 0 Å². The minimum absolute atomic E-state index is 0.101. The molecule has 0 radical (unpaired) electrons. The first-order valence-corrected chi connectivity index (χ1v) is 24.0. The Balaban J connectivity index is 1.10. The first kappa shape index (κ1) is 41.4. The minimum atomic E-state index is -0.553. The molecule has 3 atom stereocenters. The van der Waals surface area contributed by atoms with Gasteiger partial charge in [0, 0.05) is 39.3 Å². The van der Waals surface area contributed by atoms with Crippen molar-refractivity contribution in [2.45, 2.75) is 24.7 Å². The molecule has 10 aromatic rings. The summed E-state index contributed by atoms with van der Waals surface area (Å²) in [5.41, 5.74) is 14.4. The van der Waals surface area contributed by atoms with Crippen LogP contribution in [0.1, 0.15) is 36.1 Å². The van der Waals surface area contributed by atoms with Crippen molar-refractivity contribution in [2.75, 3.05) is 0 Å². The average Bonchev–Trinajstić information content (AvgIpc) is 3.74. The number of rotatable bonds is 7. The fraction of sp³-hybridized carbons (Fsp3) is 0.0938. The summed E-state index contributed by atoms with van der Waals surface area (Å²) in [7, 11) is 0. The molecule has 3 aliphatic carbocycles. The van der Waals surface area contributed by atoms with Gasteiger partial charge >= 0.3 is 0 Å². The van der Waals surface area contributed by atoms with E-state index in [0.29, 0.717) is 34.9 Å². The molecule has 0 fully saturated rings. The molecule has 2 heterocycles. The van der Waals surface area contributed by atoms with E-state index in [0.717, 1.165) is 55.6 Å². The Morgan fingerprint density at radius 2 is 0.729 bits per heavy atom. The third kappa shape index (κ3) is 6.55. The second-order valence-corrected chi connectivity index (χ2v) is 19.0. The number of benzene rings is 8. The summed E-state index contributed by atoms with van der Waals surface area (Å²) in [5.74, 6) is 3.99. The quantitative estimate of drug-likeness (QED) is 0.159. The van der Waals surface area contributed by atoms with Crippen molar-refractivity contribution in [2.24, 2.45) is 11.8 Å². The SMILES string of the molecule is CC1(C)c2ccccc2C2(c3ccc(-c4nc(-c5ccccc5)nc(-c5ccccc5-c5ccccc5)n4)cc3-c3c(-c4nc(-c5ccccc5)nc(-c5ccccc5)n4)cccc32)[C@H]2C=CC=CC21. The number of nitrogens with zero attached hydrogens (tertiary/aromatic N) is 6. The Bertz CT molecular complexity index is 3640. The van der Waals surface area contributed by atoms with Crippen molar-refractivity contribution < 1.29 is 0 Å². The van der Waals surface area contributed by atoms with Gasteiger partial charge in [-0.1, -0.05) is 238 Å². The summed E-state index contributed by atoms with van der Waals surface area (Å²) >= 11 is 0. The van der Waals surface area contributed by atoms with Crippen molar-refractivity contribution in [3.63, 3.8) is 0 Å². The van der Waals surface area contributed by atoms with Crippen LogP contribution in [0.15, 0.2) is 231 Å². The fourth-order valence-corrected chi connectivity index (χ4v) is 11.7. The molecule has 0 saturated carbocycles. The maximum atomic E-state index is 5.39. The predicted octanol–water partition coefficient (Wildman–Crippen LogP) is 14.7. The largest absolute Gasteiger partial charge is 0.208 e. The lowest BCUT2D eigenvalue weighted by Crippen LogP contribution is -2.51. The summed E-state index contributed by atoms with van der Waals surface area (Å²) in [5, 5.41) is 0. The number of hydrogen-bond acceptors (Lipinski definition) is 6. The van der Waals surface area contributed by atoms with Gasteiger partial charge in [0.1, 0.15) is 0 Å². The van der Waals surface area contributed by atoms with Gasteiger partial charge in [-0.3, -0.25) is 0 Å². The Labute approximate surface area is 408 Å². The summed E-state index contributed by atoms with van der Waals surface area (Å²) in [6.45, 7) is 4.83. The van der Waals surface area contributed by atoms with Crippen LogP contribution in [0.3, 0.4) is 0 Å². The van der Waals surface area contributed by atoms with Crippen LogP contribution in [0.4, 0.5) is 0 Å². The summed E-state index contributed by atoms with van der Waals surface area (Å²) < 4.78 is 0. The topological polar surface area (TPSA) is 77.3 Å². The summed E-state index contributed by atoms with van der Waals surface area (Å²) in [6, 6.07) is 72.2. The molecule has 2 unspecified atom stereocenters. The van der Waals surface area contributed by atoms with Gasteiger partial charge in [-0.15, -0.1) is 0 Å². The molecular weight excluding hydrogens is 853 g/mol. The van der Waals surface area contributed by atoms with E-state index in [-0.39, 0.29) is 17.3 Å². The standard InChI is InChI=1S/C64H46N6/c1-63(2)51-33-17-19-35-53(51)64(54-36-20-18-34-52(54)63)50-39-38-45(60-66-59(44-28-13-6-14-29-44)67-61(70-60)47-31-16-15-30-46(47)41-22-7-3-8-23-41)40-49(50)56-48(32-21-37-55(56)64)62-68-57(42-24-9-4-10-25-42)65-58(69-62)43-26-11-5-12-27-43/h3-40,51,53H,1-2H3/t51?,53-,64?/m0/s1. The van der Waals surface area contributed by atoms with Crippen LogP contribution in [-0.2, 0) is 10.8 Å². The molecule has 6 nitrogen and oxygen atoms in total. The highest BCUT2D eigenvalue weighted by Crippen LogP contribution is 2.66. The first-order valence-electron chi connectivity index (χ1n) is 24.0. The van der Waals surface area contributed by atoms with Gasteiger partial charge in [-0.05, 0) is 61.9 Å². The van der Waals surface area contributed by atoms with Gasteiger partial charge in [0.25, 0.3) is 0 Å². The van der Waals surface area contributed by atoms with E-state index in [2.05, 4.69) is 184 Å². The van der Waals surface area contributed by atoms with Crippen molar-refractivity contribution in [3.05, 3.63) is 253 Å². The van der Waals surface area contributed by atoms with E-state index >= 15 is 0 Å². The average molecular weight is 899 g/mol. The fourth-order valence-electron chi connectivity index (χ4n) is 11.7. The zero-order chi connectivity index (χ0) is 46.8. The van der Waals surface area contributed by atoms with E-state index in [4.69, 9.17) is 29.9 Å². The molecule has 0 saturated heterocycles. The van der Waals surface area contributed by atoms with Gasteiger partial charge in [0.2, 0.25) is 0 Å². The molecule has 2 aromatic heterocycles. The first-order chi connectivity index (χ1) is 34.5. The maximum absolute atomic E-state index is 5.39. The van der Waals surface area contributed by atoms with Crippen molar-refractivity contribution in [3.8, 4) is 90.6 Å². The van der Waals surface area contributed by atoms with Gasteiger partial charge in [-0.2, -0.15) is 0 Å². The van der Waals surface area contributed by atoms with E-state index < -0.39 is 5.41 Å². The summed E-state index contributed by atoms with van der Waals surface area (Å²) in [4.78, 5) is 31.7. The Hall–Kier alpha value is -8.74. The Morgan fingerprint density at radius 1 is 0.300 bits per heavy atom. The smallest absolute Gasteiger partial charge is 0.164 e. The molecule has 0 aliphatic heterocycles. The predicted molar refractivity (Wildman–Crippen MR) is 281 cm³/mol. The zero-order valence-electron chi connectivity index (χ0n) is 38.8. The normalized spacial score (nSPS) is 17.9. The maximum Gasteiger partial charge on any atom is 0.164 e. The van der Waals surface area contributed by atoms with Crippen molar-refractivity contribution >= 4 is 0 Å². The monoisotopic (exact) mass is 898 g/mol. The van der Waals surface area contributed by atoms with Gasteiger partial charge in [0.05, 0.1) is 5.41 Å². The zero-order valence-corrected chi connectivity index (χ0v) is 38.8. The van der Waals surface area contributed by atoms with E-state index in [1.54, 1.807) is 0 Å². The highest BCUT2D eigenvalue weighted by atomic mass is 15.0. The van der Waals surface area contributed by atoms with Crippen molar-refractivity contribution in [1.82, 2.24) is 29.9 Å². The Morgan fingerprint density at radius 3 is 1.31 bits per heavy atom. The molecule has 3 aliphatic rings. The number of fused-ring (bicyclic) bond motifs is 9. The van der Waals surface area contributed by atoms with Crippen LogP contribution in [0.2, 0.25) is 0 Å². The van der Waals surface area contributed by atoms with Gasteiger partial charge in [0.15, 0.2) is 34.9 Å². The molecule has 6 heteroatoms. The Kier molecular flexibility index (Phi) is 9.77. The second-order valence-electron chi connectivity index (χ2n) is 19.0. The summed E-state index contributed by atoms with van der Waals surface area (Å²) in [6.07, 6.45) is 9.38. The van der Waals surface area contributed by atoms with Crippen LogP contribution in [-0.4, -0.2) is 29.9 Å². The van der Waals surface area contributed by atoms with Crippen LogP contribution in [0.25, 0.3) is 90.6 Å². The minimum Gasteiger partial charge on any atom is -0.208 e. The highest BCUT2D eigenvalue weighted by molar-refractivity contribution is 5.95. The molecule has 0 N–H and O–H groups in total. The molecule has 0 amide bonds. The van der Waals surface area contributed by atoms with Crippen LogP contribution < -0.4 is 0 Å². The molecule has 332 valence electrons. The molecule has 13 rings (SSSR count). The second kappa shape index (κ2) is 16.5. The molecular formula is C64H46N6. The molecule has 70 heavy (non-hydrogen) atoms. The van der Waals surface area contributed by atoms with Crippen LogP contribution >= 0.6 is 0 Å². The lowest BCUT2D eigenvalue weighted by molar-refractivity contribution is 0.219. The van der Waals surface area contributed by atoms with Crippen LogP contribution in [0.5, 0.6) is 0 Å². The van der Waals surface area contributed by atoms with Gasteiger partial charge < -0.3 is 0 Å². The third-order valence-electron chi connectivity index (χ3n) is 14.8. The van der Waals surface area contributed by atoms with E-state index in [1.807, 2.05) is 60.7 Å². The number of aromatic nitrogens is 6. The lowest BCUT2D eigenvalue weighted by atomic mass is 9.48. The molecule has 0 bridgehead atoms. The molecule has 8 aromatic carbocycles. The third-order valence-corrected chi connectivity index (χ3v) is 14.8. The van der Waals surface area contributed by atoms with E-state index in [1.165, 1.54) is 22.3 Å². The molecule has 1 spiro atoms. The lowest BCUT2D eigenvalue weighted by Gasteiger charge is -2.54. The van der Waals surface area contributed by atoms with Gasteiger partial charge in [-0.25, -0.2) is 29.9 Å². The number of hydrogen-bond donors (Lipinski definition) is 0. The van der Waals surface area contributed by atoms with Crippen LogP contribution in [0, 0.1) is 11.8 Å². The number of allylic oxidation sites excluding steroid dienone is 4. The van der Waals surface area contributed by atoms with Crippen molar-refractivity contribution in [1.29, 1.82) is 0 Å².